The standard InChI is InChI=1S/C11H6O2S/c1-2-12-9-5-3-8-4-6-11(14)13-10(8)7-9/h1,3-7H. The van der Waals surface area contributed by atoms with Gasteiger partial charge in [0.25, 0.3) is 0 Å². The third kappa shape index (κ3) is 1.61. The summed E-state index contributed by atoms with van der Waals surface area (Å²) in [4.78, 5) is 0. The molecule has 0 bridgehead atoms. The fourth-order valence-electron chi connectivity index (χ4n) is 1.17. The second-order valence-electron chi connectivity index (χ2n) is 2.67. The Hall–Kier alpha value is -1.79. The number of benzene rings is 1. The first-order valence-electron chi connectivity index (χ1n) is 3.96. The van der Waals surface area contributed by atoms with Crippen LogP contribution in [-0.4, -0.2) is 0 Å². The number of fused-ring (bicyclic) bond motifs is 1. The molecule has 0 spiro atoms. The van der Waals surface area contributed by atoms with Crippen molar-refractivity contribution < 1.29 is 9.15 Å². The van der Waals surface area contributed by atoms with Gasteiger partial charge in [-0.05, 0) is 36.5 Å². The van der Waals surface area contributed by atoms with Gasteiger partial charge in [0.05, 0.1) is 0 Å². The van der Waals surface area contributed by atoms with Crippen LogP contribution in [0.3, 0.4) is 0 Å². The predicted octanol–water partition coefficient (Wildman–Crippen LogP) is 3.13. The van der Waals surface area contributed by atoms with Crippen LogP contribution in [0.1, 0.15) is 0 Å². The van der Waals surface area contributed by atoms with E-state index in [1.165, 1.54) is 0 Å². The molecule has 0 saturated carbocycles. The molecule has 0 N–H and O–H groups in total. The maximum Gasteiger partial charge on any atom is 0.190 e. The smallest absolute Gasteiger partial charge is 0.190 e. The fourth-order valence-corrected chi connectivity index (χ4v) is 1.33. The van der Waals surface area contributed by atoms with Gasteiger partial charge in [-0.3, -0.25) is 0 Å². The van der Waals surface area contributed by atoms with E-state index >= 15 is 0 Å². The lowest BCUT2D eigenvalue weighted by atomic mass is 10.2. The van der Waals surface area contributed by atoms with Crippen molar-refractivity contribution in [3.63, 3.8) is 0 Å². The lowest BCUT2D eigenvalue weighted by Gasteiger charge is -1.99. The van der Waals surface area contributed by atoms with Crippen LogP contribution in [0.5, 0.6) is 5.75 Å². The monoisotopic (exact) mass is 202 g/mol. The third-order valence-electron chi connectivity index (χ3n) is 1.77. The highest BCUT2D eigenvalue weighted by Gasteiger charge is 1.98. The zero-order chi connectivity index (χ0) is 9.97. The average Bonchev–Trinajstić information content (AvgIpc) is 2.17. The first-order valence-corrected chi connectivity index (χ1v) is 4.37. The van der Waals surface area contributed by atoms with Gasteiger partial charge in [-0.15, -0.1) is 0 Å². The Morgan fingerprint density at radius 2 is 2.07 bits per heavy atom. The minimum atomic E-state index is 0.440. The molecule has 1 aromatic heterocycles. The Labute approximate surface area is 86.1 Å². The van der Waals surface area contributed by atoms with E-state index in [0.29, 0.717) is 16.0 Å². The SMILES string of the molecule is C#COc1ccc2ccc(=S)oc2c1. The molecule has 0 atom stereocenters. The summed E-state index contributed by atoms with van der Waals surface area (Å²) < 4.78 is 10.6. The van der Waals surface area contributed by atoms with Crippen LogP contribution in [0, 0.1) is 17.2 Å². The first-order chi connectivity index (χ1) is 6.79. The number of rotatable bonds is 1. The lowest BCUT2D eigenvalue weighted by Crippen LogP contribution is -1.81. The quantitative estimate of drug-likeness (QED) is 0.524. The molecule has 2 nitrogen and oxygen atoms in total. The summed E-state index contributed by atoms with van der Waals surface area (Å²) in [6.45, 7) is 0. The zero-order valence-corrected chi connectivity index (χ0v) is 8.01. The van der Waals surface area contributed by atoms with Gasteiger partial charge in [-0.2, -0.15) is 0 Å². The van der Waals surface area contributed by atoms with Crippen molar-refractivity contribution in [2.24, 2.45) is 0 Å². The van der Waals surface area contributed by atoms with Gasteiger partial charge in [0.15, 0.2) is 4.71 Å². The molecule has 0 fully saturated rings. The Morgan fingerprint density at radius 3 is 2.86 bits per heavy atom. The van der Waals surface area contributed by atoms with Gasteiger partial charge in [0, 0.05) is 11.5 Å². The van der Waals surface area contributed by atoms with Crippen molar-refractivity contribution in [3.05, 3.63) is 35.0 Å². The summed E-state index contributed by atoms with van der Waals surface area (Å²) in [5, 5.41) is 0.961. The van der Waals surface area contributed by atoms with E-state index in [9.17, 15) is 0 Å². The van der Waals surface area contributed by atoms with E-state index in [1.807, 2.05) is 12.1 Å². The van der Waals surface area contributed by atoms with E-state index in [4.69, 9.17) is 27.8 Å². The number of ether oxygens (including phenoxy) is 1. The molecule has 0 unspecified atom stereocenters. The largest absolute Gasteiger partial charge is 0.445 e. The van der Waals surface area contributed by atoms with Crippen LogP contribution in [0.2, 0.25) is 0 Å². The summed E-state index contributed by atoms with van der Waals surface area (Å²) in [7, 11) is 0. The van der Waals surface area contributed by atoms with Crippen LogP contribution >= 0.6 is 12.2 Å². The molecule has 0 radical (unpaired) electrons. The maximum absolute atomic E-state index is 5.31. The number of hydrogen-bond acceptors (Lipinski definition) is 3. The summed E-state index contributed by atoms with van der Waals surface area (Å²) in [6, 6.07) is 8.98. The molecule has 14 heavy (non-hydrogen) atoms. The van der Waals surface area contributed by atoms with Crippen molar-refractivity contribution >= 4 is 23.2 Å². The predicted molar refractivity (Wildman–Crippen MR) is 56.5 cm³/mol. The Kier molecular flexibility index (Phi) is 2.21. The van der Waals surface area contributed by atoms with Gasteiger partial charge in [0.2, 0.25) is 0 Å². The topological polar surface area (TPSA) is 22.4 Å². The number of terminal acetylenes is 1. The molecule has 1 aromatic carbocycles. The second kappa shape index (κ2) is 3.52. The highest BCUT2D eigenvalue weighted by atomic mass is 32.1. The highest BCUT2D eigenvalue weighted by Crippen LogP contribution is 2.20. The molecule has 0 aliphatic heterocycles. The van der Waals surface area contributed by atoms with Gasteiger partial charge < -0.3 is 9.15 Å². The lowest BCUT2D eigenvalue weighted by molar-refractivity contribution is 0.517. The Balaban J connectivity index is 2.65. The normalized spacial score (nSPS) is 9.64. The Bertz CT molecular complexity index is 563. The summed E-state index contributed by atoms with van der Waals surface area (Å²) in [5.41, 5.74) is 0.672. The molecule has 1 heterocycles. The number of hydrogen-bond donors (Lipinski definition) is 0. The van der Waals surface area contributed by atoms with E-state index in [0.717, 1.165) is 5.39 Å². The van der Waals surface area contributed by atoms with Crippen molar-refractivity contribution in [2.45, 2.75) is 0 Å². The molecular formula is C11H6O2S. The van der Waals surface area contributed by atoms with Crippen molar-refractivity contribution in [3.8, 4) is 18.3 Å². The van der Waals surface area contributed by atoms with E-state index in [-0.39, 0.29) is 0 Å². The molecule has 68 valence electrons. The third-order valence-corrected chi connectivity index (χ3v) is 1.99. The minimum absolute atomic E-state index is 0.440. The van der Waals surface area contributed by atoms with E-state index in [2.05, 4.69) is 6.11 Å². The van der Waals surface area contributed by atoms with Crippen LogP contribution in [0.25, 0.3) is 11.0 Å². The van der Waals surface area contributed by atoms with Crippen LogP contribution in [0.15, 0.2) is 34.7 Å². The van der Waals surface area contributed by atoms with Crippen molar-refractivity contribution in [1.82, 2.24) is 0 Å². The molecule has 0 saturated heterocycles. The van der Waals surface area contributed by atoms with E-state index < -0.39 is 0 Å². The van der Waals surface area contributed by atoms with Crippen LogP contribution in [-0.2, 0) is 0 Å². The molecule has 2 aromatic rings. The van der Waals surface area contributed by atoms with Crippen LogP contribution in [0.4, 0.5) is 0 Å². The van der Waals surface area contributed by atoms with Gasteiger partial charge in [-0.25, -0.2) is 0 Å². The highest BCUT2D eigenvalue weighted by molar-refractivity contribution is 7.71. The maximum atomic E-state index is 5.31. The average molecular weight is 202 g/mol. The summed E-state index contributed by atoms with van der Waals surface area (Å²) in [6.07, 6.45) is 7.11. The van der Waals surface area contributed by atoms with Crippen molar-refractivity contribution in [1.29, 1.82) is 0 Å². The zero-order valence-electron chi connectivity index (χ0n) is 7.19. The molecule has 3 heteroatoms. The molecule has 0 amide bonds. The molecule has 2 rings (SSSR count). The molecular weight excluding hydrogens is 196 g/mol. The minimum Gasteiger partial charge on any atom is -0.445 e. The summed E-state index contributed by atoms with van der Waals surface area (Å²) >= 11 is 4.90. The van der Waals surface area contributed by atoms with Crippen LogP contribution < -0.4 is 4.74 Å². The second-order valence-corrected chi connectivity index (χ2v) is 3.08. The Morgan fingerprint density at radius 1 is 1.29 bits per heavy atom. The van der Waals surface area contributed by atoms with Gasteiger partial charge in [0.1, 0.15) is 17.4 Å². The van der Waals surface area contributed by atoms with E-state index in [1.54, 1.807) is 18.2 Å². The van der Waals surface area contributed by atoms with Gasteiger partial charge >= 0.3 is 0 Å². The van der Waals surface area contributed by atoms with Crippen molar-refractivity contribution in [2.75, 3.05) is 0 Å². The molecule has 0 aliphatic carbocycles. The molecule has 0 aliphatic rings. The summed E-state index contributed by atoms with van der Waals surface area (Å²) in [5.74, 6) is 0.573. The van der Waals surface area contributed by atoms with Gasteiger partial charge in [-0.1, -0.05) is 6.42 Å². The first kappa shape index (κ1) is 8.79. The fraction of sp³-hybridized carbons (Fsp3) is 0.